The first-order chi connectivity index (χ1) is 22.0. The number of carbonyl (C=O) groups excluding carboxylic acids is 1. The summed E-state index contributed by atoms with van der Waals surface area (Å²) in [7, 11) is -3.69. The summed E-state index contributed by atoms with van der Waals surface area (Å²) in [6.07, 6.45) is 0. The van der Waals surface area contributed by atoms with Crippen LogP contribution in [-0.2, 0) is 33.7 Å². The Hall–Kier alpha value is -4.42. The Morgan fingerprint density at radius 2 is 1.59 bits per heavy atom. The van der Waals surface area contributed by atoms with Crippen LogP contribution >= 0.6 is 24.1 Å². The second kappa shape index (κ2) is 15.2. The van der Waals surface area contributed by atoms with E-state index in [4.69, 9.17) is 21.0 Å². The molecular formula is C25H22N6O12S3. The van der Waals surface area contributed by atoms with Crippen molar-refractivity contribution in [3.63, 3.8) is 0 Å². The summed E-state index contributed by atoms with van der Waals surface area (Å²) in [5.41, 5.74) is 5.81. The number of benzene rings is 4. The molecule has 0 aromatic heterocycles. The molecule has 242 valence electrons. The van der Waals surface area contributed by atoms with E-state index in [0.717, 1.165) is 6.07 Å². The number of phenolic OH excluding ortho intramolecular Hbond substituents is 1. The number of rotatable bonds is 13. The van der Waals surface area contributed by atoms with Crippen molar-refractivity contribution < 1.29 is 56.9 Å². The third kappa shape index (κ3) is 8.24. The number of carbonyl (C=O) groups is 1. The topological polar surface area (TPSA) is 266 Å². The lowest BCUT2D eigenvalue weighted by Gasteiger charge is -2.13. The maximum Gasteiger partial charge on any atom is 0.296 e. The fraction of sp³-hybridized carbons (Fsp3) is 0.0800. The number of nitrogens with one attached hydrogen (secondary N) is 1. The molecule has 4 aromatic rings. The Bertz CT molecular complexity index is 1940. The number of ether oxygens (including phenoxy) is 1. The molecule has 4 rings (SSSR count). The van der Waals surface area contributed by atoms with Crippen molar-refractivity contribution in [1.82, 2.24) is 0 Å². The first-order valence-electron chi connectivity index (χ1n) is 12.2. The molecule has 7 N–H and O–H groups in total. The Morgan fingerprint density at radius 3 is 2.26 bits per heavy atom. The van der Waals surface area contributed by atoms with Crippen LogP contribution in [0.1, 0.15) is 6.92 Å². The predicted octanol–water partition coefficient (Wildman–Crippen LogP) is 7.03. The third-order valence-electron chi connectivity index (χ3n) is 5.74. The van der Waals surface area contributed by atoms with Crippen molar-refractivity contribution in [2.24, 2.45) is 20.5 Å². The minimum atomic E-state index is -4.99. The molecule has 4 aromatic carbocycles. The zero-order chi connectivity index (χ0) is 33.4. The van der Waals surface area contributed by atoms with Gasteiger partial charge in [-0.05, 0) is 41.8 Å². The average Bonchev–Trinajstić information content (AvgIpc) is 3.01. The van der Waals surface area contributed by atoms with E-state index >= 15 is 0 Å². The third-order valence-corrected chi connectivity index (χ3v) is 7.82. The number of aromatic hydroxyl groups is 1. The molecule has 0 heterocycles. The van der Waals surface area contributed by atoms with E-state index in [1.165, 1.54) is 38.3 Å². The highest BCUT2D eigenvalue weighted by Crippen LogP contribution is 2.46. The summed E-state index contributed by atoms with van der Waals surface area (Å²) in [6, 6.07) is 12.9. The molecule has 0 saturated carbocycles. The fourth-order valence-electron chi connectivity index (χ4n) is 3.93. The number of methoxy groups -OCH3 is 1. The van der Waals surface area contributed by atoms with Crippen molar-refractivity contribution in [3.8, 4) is 11.5 Å². The van der Waals surface area contributed by atoms with Gasteiger partial charge in [-0.25, -0.2) is 10.5 Å². The van der Waals surface area contributed by atoms with Gasteiger partial charge >= 0.3 is 0 Å². The second-order valence-corrected chi connectivity index (χ2v) is 11.6. The molecule has 0 aliphatic heterocycles. The summed E-state index contributed by atoms with van der Waals surface area (Å²) in [5.74, 6) is -1.19. The number of hydrogen-bond acceptors (Lipinski definition) is 18. The maximum absolute atomic E-state index is 12.3. The number of amides is 1. The van der Waals surface area contributed by atoms with Crippen LogP contribution in [0, 0.1) is 0 Å². The monoisotopic (exact) mass is 694 g/mol. The molecule has 21 heteroatoms. The van der Waals surface area contributed by atoms with Crippen molar-refractivity contribution in [1.29, 1.82) is 0 Å². The van der Waals surface area contributed by atoms with Crippen LogP contribution in [0.5, 0.6) is 11.5 Å². The maximum atomic E-state index is 12.3. The van der Waals surface area contributed by atoms with E-state index in [0.29, 0.717) is 34.7 Å². The number of nitrogens with two attached hydrogens (primary N) is 1. The molecule has 0 fully saturated rings. The van der Waals surface area contributed by atoms with E-state index < -0.39 is 32.4 Å². The van der Waals surface area contributed by atoms with Crippen molar-refractivity contribution in [3.05, 3.63) is 54.6 Å². The van der Waals surface area contributed by atoms with Gasteiger partial charge in [-0.15, -0.1) is 29.1 Å². The second-order valence-electron chi connectivity index (χ2n) is 8.70. The molecule has 1 amide bonds. The molecule has 46 heavy (non-hydrogen) atoms. The van der Waals surface area contributed by atoms with Gasteiger partial charge in [0.2, 0.25) is 5.91 Å². The van der Waals surface area contributed by atoms with Crippen molar-refractivity contribution >= 4 is 85.0 Å². The molecule has 0 radical (unpaired) electrons. The van der Waals surface area contributed by atoms with Gasteiger partial charge in [0.05, 0.1) is 41.8 Å². The van der Waals surface area contributed by atoms with E-state index in [1.807, 2.05) is 0 Å². The zero-order valence-corrected chi connectivity index (χ0v) is 25.8. The molecule has 0 unspecified atom stereocenters. The molecular weight excluding hydrogens is 673 g/mol. The van der Waals surface area contributed by atoms with E-state index in [-0.39, 0.29) is 44.2 Å². The summed E-state index contributed by atoms with van der Waals surface area (Å²) >= 11 is 1.19. The van der Waals surface area contributed by atoms with Gasteiger partial charge in [0.25, 0.3) is 10.1 Å². The van der Waals surface area contributed by atoms with Gasteiger partial charge < -0.3 is 20.9 Å². The number of nitrogens with zero attached hydrogens (tertiary/aromatic N) is 4. The van der Waals surface area contributed by atoms with Gasteiger partial charge in [-0.2, -0.15) is 8.42 Å². The molecule has 18 nitrogen and oxygen atoms in total. The van der Waals surface area contributed by atoms with Crippen molar-refractivity contribution in [2.45, 2.75) is 21.6 Å². The Morgan fingerprint density at radius 1 is 0.913 bits per heavy atom. The number of azo groups is 2. The molecule has 0 saturated heterocycles. The Labute approximate surface area is 267 Å². The standard InChI is InChI=1S/C25H22N6O12S3/c1-12(32)27-17-10-19(20(39-2)11-18(17)29-28-16-5-3-4-6-21(16)45-43-41-35)30-31-24-22(46(36,37)38)8-13-7-14(44-42-40-34)9-15(26)23(13)25(24)33/h3-11,33-35H,26H2,1-2H3,(H,27,32)(H,36,37,38). The van der Waals surface area contributed by atoms with Crippen LogP contribution in [0.4, 0.5) is 34.1 Å². The molecule has 0 spiro atoms. The smallest absolute Gasteiger partial charge is 0.296 e. The van der Waals surface area contributed by atoms with Gasteiger partial charge in [0.15, 0.2) is 5.75 Å². The van der Waals surface area contributed by atoms with E-state index in [9.17, 15) is 22.9 Å². The highest BCUT2D eigenvalue weighted by atomic mass is 32.2. The van der Waals surface area contributed by atoms with Gasteiger partial charge in [-0.1, -0.05) is 22.2 Å². The summed E-state index contributed by atoms with van der Waals surface area (Å²) in [6.45, 7) is 1.24. The molecule has 0 bridgehead atoms. The highest BCUT2D eigenvalue weighted by Gasteiger charge is 2.24. The number of fused-ring (bicyclic) bond motifs is 1. The predicted molar refractivity (Wildman–Crippen MR) is 163 cm³/mol. The van der Waals surface area contributed by atoms with Crippen LogP contribution in [0.15, 0.2) is 89.7 Å². The largest absolute Gasteiger partial charge is 0.505 e. The SMILES string of the molecule is COc1cc(N=Nc2ccccc2SOOO)c(NC(C)=O)cc1N=Nc1c(S(=O)(=O)O)cc2cc(SOOO)cc(N)c2c1O. The zero-order valence-electron chi connectivity index (χ0n) is 23.3. The lowest BCUT2D eigenvalue weighted by molar-refractivity contribution is -0.432. The minimum absolute atomic E-state index is 0.0347. The number of hydrogen-bond donors (Lipinski definition) is 6. The Balaban J connectivity index is 1.83. The average molecular weight is 695 g/mol. The van der Waals surface area contributed by atoms with Crippen LogP contribution < -0.4 is 15.8 Å². The first-order valence-corrected chi connectivity index (χ1v) is 15.2. The first kappa shape index (κ1) is 34.5. The van der Waals surface area contributed by atoms with Crippen LogP contribution in [0.2, 0.25) is 0 Å². The molecule has 0 atom stereocenters. The highest BCUT2D eigenvalue weighted by molar-refractivity contribution is 7.94. The normalized spacial score (nSPS) is 11.9. The van der Waals surface area contributed by atoms with Gasteiger partial charge in [-0.3, -0.25) is 9.35 Å². The van der Waals surface area contributed by atoms with Crippen LogP contribution in [-0.4, -0.2) is 41.6 Å². The lowest BCUT2D eigenvalue weighted by Crippen LogP contribution is -2.06. The molecule has 0 aliphatic rings. The molecule has 0 aliphatic carbocycles. The van der Waals surface area contributed by atoms with Gasteiger partial charge in [0, 0.05) is 29.0 Å². The minimum Gasteiger partial charge on any atom is -0.505 e. The Kier molecular flexibility index (Phi) is 11.4. The van der Waals surface area contributed by atoms with Crippen LogP contribution in [0.25, 0.3) is 10.8 Å². The van der Waals surface area contributed by atoms with Crippen molar-refractivity contribution in [2.75, 3.05) is 18.2 Å². The van der Waals surface area contributed by atoms with Gasteiger partial charge in [0.1, 0.15) is 33.4 Å². The summed E-state index contributed by atoms with van der Waals surface area (Å²) < 4.78 is 48.8. The number of anilines is 2. The quantitative estimate of drug-likeness (QED) is 0.0205. The number of nitrogen functional groups attached to an aromatic ring is 1. The summed E-state index contributed by atoms with van der Waals surface area (Å²) in [4.78, 5) is 11.9. The van der Waals surface area contributed by atoms with E-state index in [2.05, 4.69) is 44.5 Å². The fourth-order valence-corrected chi connectivity index (χ4v) is 5.48. The number of phenols is 1. The van der Waals surface area contributed by atoms with Crippen LogP contribution in [0.3, 0.4) is 0 Å². The summed E-state index contributed by atoms with van der Waals surface area (Å²) in [5, 5.41) is 54.0. The van der Waals surface area contributed by atoms with E-state index in [1.54, 1.807) is 24.3 Å². The lowest BCUT2D eigenvalue weighted by atomic mass is 10.1.